The van der Waals surface area contributed by atoms with Gasteiger partial charge < -0.3 is 10.1 Å². The number of nitrogens with one attached hydrogen (secondary N) is 1. The van der Waals surface area contributed by atoms with Crippen molar-refractivity contribution >= 4 is 0 Å². The van der Waals surface area contributed by atoms with E-state index >= 15 is 0 Å². The maximum Gasteiger partial charge on any atom is 0.0593 e. The summed E-state index contributed by atoms with van der Waals surface area (Å²) in [6.45, 7) is 7.62. The SMILES string of the molecule is CC(CNC1CC1)N1CCCOCC1. The summed E-state index contributed by atoms with van der Waals surface area (Å²) in [6, 6.07) is 1.50. The number of hydrogen-bond acceptors (Lipinski definition) is 3. The maximum atomic E-state index is 5.45. The molecule has 3 heteroatoms. The van der Waals surface area contributed by atoms with Gasteiger partial charge in [-0.25, -0.2) is 0 Å². The highest BCUT2D eigenvalue weighted by atomic mass is 16.5. The minimum atomic E-state index is 0.664. The third-order valence-corrected chi connectivity index (χ3v) is 3.16. The molecule has 1 heterocycles. The van der Waals surface area contributed by atoms with Crippen LogP contribution in [0.3, 0.4) is 0 Å². The summed E-state index contributed by atoms with van der Waals surface area (Å²) in [4.78, 5) is 2.54. The molecule has 1 N–H and O–H groups in total. The van der Waals surface area contributed by atoms with Crippen molar-refractivity contribution in [3.05, 3.63) is 0 Å². The Balaban J connectivity index is 1.67. The van der Waals surface area contributed by atoms with Crippen LogP contribution in [0.15, 0.2) is 0 Å². The number of ether oxygens (including phenoxy) is 1. The molecule has 1 saturated carbocycles. The topological polar surface area (TPSA) is 24.5 Å². The molecule has 1 aliphatic carbocycles. The lowest BCUT2D eigenvalue weighted by molar-refractivity contribution is 0.133. The fraction of sp³-hybridized carbons (Fsp3) is 1.00. The lowest BCUT2D eigenvalue weighted by atomic mass is 10.2. The monoisotopic (exact) mass is 198 g/mol. The Hall–Kier alpha value is -0.120. The zero-order valence-electron chi connectivity index (χ0n) is 9.17. The van der Waals surface area contributed by atoms with Gasteiger partial charge in [0.05, 0.1) is 6.61 Å². The molecule has 1 saturated heterocycles. The predicted molar refractivity (Wildman–Crippen MR) is 57.5 cm³/mol. The largest absolute Gasteiger partial charge is 0.380 e. The second-order valence-electron chi connectivity index (χ2n) is 4.53. The van der Waals surface area contributed by atoms with Crippen molar-refractivity contribution in [2.75, 3.05) is 32.8 Å². The van der Waals surface area contributed by atoms with Gasteiger partial charge in [-0.3, -0.25) is 4.90 Å². The van der Waals surface area contributed by atoms with Gasteiger partial charge in [-0.1, -0.05) is 0 Å². The molecule has 3 nitrogen and oxygen atoms in total. The Morgan fingerprint density at radius 1 is 1.36 bits per heavy atom. The van der Waals surface area contributed by atoms with Gasteiger partial charge in [0, 0.05) is 38.3 Å². The van der Waals surface area contributed by atoms with E-state index in [0.717, 1.165) is 32.3 Å². The summed E-state index contributed by atoms with van der Waals surface area (Å²) in [5.74, 6) is 0. The van der Waals surface area contributed by atoms with Crippen molar-refractivity contribution < 1.29 is 4.74 Å². The summed E-state index contributed by atoms with van der Waals surface area (Å²) in [5.41, 5.74) is 0. The summed E-state index contributed by atoms with van der Waals surface area (Å²) in [7, 11) is 0. The van der Waals surface area contributed by atoms with Crippen LogP contribution in [-0.2, 0) is 4.74 Å². The molecule has 1 atom stereocenters. The first kappa shape index (κ1) is 10.4. The van der Waals surface area contributed by atoms with E-state index in [-0.39, 0.29) is 0 Å². The summed E-state index contributed by atoms with van der Waals surface area (Å²) in [5, 5.41) is 3.59. The van der Waals surface area contributed by atoms with E-state index < -0.39 is 0 Å². The quantitative estimate of drug-likeness (QED) is 0.725. The average molecular weight is 198 g/mol. The summed E-state index contributed by atoms with van der Waals surface area (Å²) in [6.07, 6.45) is 3.96. The fourth-order valence-electron chi connectivity index (χ4n) is 1.96. The average Bonchev–Trinajstić information content (AvgIpc) is 3.01. The summed E-state index contributed by atoms with van der Waals surface area (Å²) >= 11 is 0. The highest BCUT2D eigenvalue weighted by Gasteiger charge is 2.22. The first-order valence-corrected chi connectivity index (χ1v) is 5.91. The predicted octanol–water partition coefficient (Wildman–Crippen LogP) is 0.849. The third kappa shape index (κ3) is 3.23. The maximum absolute atomic E-state index is 5.45. The lowest BCUT2D eigenvalue weighted by Gasteiger charge is -2.27. The molecule has 82 valence electrons. The van der Waals surface area contributed by atoms with Gasteiger partial charge in [-0.15, -0.1) is 0 Å². The highest BCUT2D eigenvalue weighted by Crippen LogP contribution is 2.18. The van der Waals surface area contributed by atoms with Crippen LogP contribution in [0.25, 0.3) is 0 Å². The Bertz CT molecular complexity index is 163. The van der Waals surface area contributed by atoms with Crippen LogP contribution in [0.2, 0.25) is 0 Å². The molecule has 1 unspecified atom stereocenters. The van der Waals surface area contributed by atoms with Gasteiger partial charge in [0.2, 0.25) is 0 Å². The van der Waals surface area contributed by atoms with E-state index in [1.54, 1.807) is 0 Å². The second-order valence-corrected chi connectivity index (χ2v) is 4.53. The minimum Gasteiger partial charge on any atom is -0.380 e. The zero-order chi connectivity index (χ0) is 9.80. The smallest absolute Gasteiger partial charge is 0.0593 e. The first-order chi connectivity index (χ1) is 6.86. The molecule has 0 aromatic heterocycles. The molecule has 1 aliphatic heterocycles. The number of hydrogen-bond donors (Lipinski definition) is 1. The van der Waals surface area contributed by atoms with E-state index in [9.17, 15) is 0 Å². The van der Waals surface area contributed by atoms with Crippen molar-refractivity contribution in [3.63, 3.8) is 0 Å². The number of nitrogens with zero attached hydrogens (tertiary/aromatic N) is 1. The molecule has 0 bridgehead atoms. The standard InChI is InChI=1S/C11H22N2O/c1-10(9-12-11-3-4-11)13-5-2-7-14-8-6-13/h10-12H,2-9H2,1H3. The molecule has 0 radical (unpaired) electrons. The Labute approximate surface area is 86.8 Å². The highest BCUT2D eigenvalue weighted by molar-refractivity contribution is 4.83. The van der Waals surface area contributed by atoms with Crippen LogP contribution in [0.5, 0.6) is 0 Å². The van der Waals surface area contributed by atoms with Gasteiger partial charge >= 0.3 is 0 Å². The van der Waals surface area contributed by atoms with Crippen LogP contribution < -0.4 is 5.32 Å². The Morgan fingerprint density at radius 3 is 3.00 bits per heavy atom. The van der Waals surface area contributed by atoms with Crippen molar-refractivity contribution in [2.45, 2.75) is 38.3 Å². The third-order valence-electron chi connectivity index (χ3n) is 3.16. The molecular weight excluding hydrogens is 176 g/mol. The van der Waals surface area contributed by atoms with Crippen LogP contribution in [0.4, 0.5) is 0 Å². The molecular formula is C11H22N2O. The first-order valence-electron chi connectivity index (χ1n) is 5.91. The molecule has 14 heavy (non-hydrogen) atoms. The Morgan fingerprint density at radius 2 is 2.21 bits per heavy atom. The molecule has 0 aromatic carbocycles. The van der Waals surface area contributed by atoms with Gasteiger partial charge in [-0.05, 0) is 26.2 Å². The second kappa shape index (κ2) is 5.10. The van der Waals surface area contributed by atoms with Crippen LogP contribution in [-0.4, -0.2) is 49.8 Å². The van der Waals surface area contributed by atoms with E-state index in [2.05, 4.69) is 17.1 Å². The van der Waals surface area contributed by atoms with Crippen molar-refractivity contribution in [3.8, 4) is 0 Å². The molecule has 2 rings (SSSR count). The van der Waals surface area contributed by atoms with Crippen LogP contribution in [0.1, 0.15) is 26.2 Å². The molecule has 0 aromatic rings. The van der Waals surface area contributed by atoms with Crippen LogP contribution in [0, 0.1) is 0 Å². The fourth-order valence-corrected chi connectivity index (χ4v) is 1.96. The lowest BCUT2D eigenvalue weighted by Crippen LogP contribution is -2.42. The van der Waals surface area contributed by atoms with E-state index in [0.29, 0.717) is 6.04 Å². The number of rotatable bonds is 4. The molecule has 2 fully saturated rings. The zero-order valence-corrected chi connectivity index (χ0v) is 9.17. The molecule has 0 spiro atoms. The summed E-state index contributed by atoms with van der Waals surface area (Å²) < 4.78 is 5.45. The van der Waals surface area contributed by atoms with E-state index in [4.69, 9.17) is 4.74 Å². The van der Waals surface area contributed by atoms with Crippen molar-refractivity contribution in [2.24, 2.45) is 0 Å². The molecule has 2 aliphatic rings. The van der Waals surface area contributed by atoms with E-state index in [1.807, 2.05) is 0 Å². The van der Waals surface area contributed by atoms with E-state index in [1.165, 1.54) is 25.8 Å². The van der Waals surface area contributed by atoms with Gasteiger partial charge in [-0.2, -0.15) is 0 Å². The molecule has 0 amide bonds. The van der Waals surface area contributed by atoms with Gasteiger partial charge in [0.1, 0.15) is 0 Å². The van der Waals surface area contributed by atoms with Gasteiger partial charge in [0.15, 0.2) is 0 Å². The normalized spacial score (nSPS) is 27.2. The van der Waals surface area contributed by atoms with Gasteiger partial charge in [0.25, 0.3) is 0 Å². The Kier molecular flexibility index (Phi) is 3.79. The van der Waals surface area contributed by atoms with Crippen molar-refractivity contribution in [1.29, 1.82) is 0 Å². The van der Waals surface area contributed by atoms with Crippen molar-refractivity contribution in [1.82, 2.24) is 10.2 Å². The minimum absolute atomic E-state index is 0.664. The van der Waals surface area contributed by atoms with Crippen LogP contribution >= 0.6 is 0 Å².